The van der Waals surface area contributed by atoms with Gasteiger partial charge in [0.05, 0.1) is 17.9 Å². The van der Waals surface area contributed by atoms with Crippen LogP contribution in [0.2, 0.25) is 0 Å². The summed E-state index contributed by atoms with van der Waals surface area (Å²) in [5, 5.41) is 0. The fraction of sp³-hybridized carbons (Fsp3) is 0.111. The van der Waals surface area contributed by atoms with Crippen molar-refractivity contribution in [1.82, 2.24) is 0 Å². The number of carbonyl (C=O) groups excluding carboxylic acids is 1. The predicted octanol–water partition coefficient (Wildman–Crippen LogP) is 3.24. The van der Waals surface area contributed by atoms with Gasteiger partial charge in [0.2, 0.25) is 5.91 Å². The molecule has 2 aromatic carbocycles. The monoisotopic (exact) mass is 387 g/mol. The lowest BCUT2D eigenvalue weighted by atomic mass is 10.00. The van der Waals surface area contributed by atoms with E-state index in [0.29, 0.717) is 17.0 Å². The number of anilines is 1. The quantitative estimate of drug-likeness (QED) is 0.804. The Balaban J connectivity index is 2.25. The normalized spacial score (nSPS) is 15.7. The van der Waals surface area contributed by atoms with Gasteiger partial charge in [-0.15, -0.1) is 0 Å². The minimum Gasteiger partial charge on any atom is -0.366 e. The van der Waals surface area contributed by atoms with E-state index in [2.05, 4.69) is 20.9 Å². The molecule has 4 nitrogen and oxygen atoms in total. The maximum atomic E-state index is 14.3. The molecule has 2 aromatic rings. The summed E-state index contributed by atoms with van der Waals surface area (Å²) in [5.74, 6) is -0.882. The van der Waals surface area contributed by atoms with Gasteiger partial charge in [-0.25, -0.2) is 4.39 Å². The Morgan fingerprint density at radius 3 is 2.75 bits per heavy atom. The fourth-order valence-electron chi connectivity index (χ4n) is 2.69. The Morgan fingerprint density at radius 1 is 1.29 bits per heavy atom. The van der Waals surface area contributed by atoms with Gasteiger partial charge >= 0.3 is 0 Å². The molecule has 0 aliphatic carbocycles. The number of hydrogen-bond donors (Lipinski definition) is 1. The van der Waals surface area contributed by atoms with Gasteiger partial charge in [0.25, 0.3) is 0 Å². The SMILES string of the molecule is CN1/C(=C/C(N)=O)CN=C(c2ccccc2F)c2cc(Br)ccc21. The van der Waals surface area contributed by atoms with Gasteiger partial charge in [-0.1, -0.05) is 28.1 Å². The number of rotatable bonds is 2. The third-order valence-electron chi connectivity index (χ3n) is 3.84. The van der Waals surface area contributed by atoms with Crippen LogP contribution in [-0.2, 0) is 4.79 Å². The summed E-state index contributed by atoms with van der Waals surface area (Å²) in [6.45, 7) is 0.232. The van der Waals surface area contributed by atoms with Gasteiger partial charge in [0.15, 0.2) is 0 Å². The zero-order chi connectivity index (χ0) is 17.3. The van der Waals surface area contributed by atoms with Gasteiger partial charge in [-0.2, -0.15) is 0 Å². The zero-order valence-electron chi connectivity index (χ0n) is 13.0. The van der Waals surface area contributed by atoms with Crippen LogP contribution in [0.3, 0.4) is 0 Å². The summed E-state index contributed by atoms with van der Waals surface area (Å²) < 4.78 is 15.2. The van der Waals surface area contributed by atoms with Crippen molar-refractivity contribution in [1.29, 1.82) is 0 Å². The van der Waals surface area contributed by atoms with E-state index in [0.717, 1.165) is 15.7 Å². The van der Waals surface area contributed by atoms with Crippen molar-refractivity contribution >= 4 is 33.2 Å². The number of benzene rings is 2. The largest absolute Gasteiger partial charge is 0.366 e. The highest BCUT2D eigenvalue weighted by Gasteiger charge is 2.22. The number of carbonyl (C=O) groups is 1. The Hall–Kier alpha value is -2.47. The molecular weight excluding hydrogens is 373 g/mol. The Kier molecular flexibility index (Phi) is 4.49. The van der Waals surface area contributed by atoms with E-state index in [4.69, 9.17) is 5.73 Å². The summed E-state index contributed by atoms with van der Waals surface area (Å²) in [5.41, 5.74) is 8.52. The van der Waals surface area contributed by atoms with Gasteiger partial charge in [-0.3, -0.25) is 9.79 Å². The summed E-state index contributed by atoms with van der Waals surface area (Å²) in [4.78, 5) is 17.7. The maximum absolute atomic E-state index is 14.3. The highest BCUT2D eigenvalue weighted by Crippen LogP contribution is 2.31. The predicted molar refractivity (Wildman–Crippen MR) is 96.7 cm³/mol. The lowest BCUT2D eigenvalue weighted by Gasteiger charge is -2.22. The molecule has 0 saturated heterocycles. The Labute approximate surface area is 147 Å². The number of benzodiazepines with no additional fused rings is 1. The first-order valence-electron chi connectivity index (χ1n) is 7.30. The molecule has 24 heavy (non-hydrogen) atoms. The van der Waals surface area contributed by atoms with Crippen LogP contribution in [0.25, 0.3) is 0 Å². The Morgan fingerprint density at radius 2 is 2.04 bits per heavy atom. The lowest BCUT2D eigenvalue weighted by molar-refractivity contribution is -0.113. The molecule has 6 heteroatoms. The molecule has 3 rings (SSSR count). The van der Waals surface area contributed by atoms with Crippen molar-refractivity contribution in [2.75, 3.05) is 18.5 Å². The van der Waals surface area contributed by atoms with Gasteiger partial charge in [0.1, 0.15) is 5.82 Å². The minimum absolute atomic E-state index is 0.232. The average molecular weight is 388 g/mol. The number of likely N-dealkylation sites (N-methyl/N-ethyl adjacent to an activating group) is 1. The van der Waals surface area contributed by atoms with E-state index in [9.17, 15) is 9.18 Å². The molecular formula is C18H15BrFN3O. The molecule has 0 unspecified atom stereocenters. The van der Waals surface area contributed by atoms with Crippen LogP contribution < -0.4 is 10.6 Å². The molecule has 0 spiro atoms. The molecule has 122 valence electrons. The zero-order valence-corrected chi connectivity index (χ0v) is 14.5. The van der Waals surface area contributed by atoms with E-state index in [1.165, 1.54) is 12.1 Å². The molecule has 0 bridgehead atoms. The fourth-order valence-corrected chi connectivity index (χ4v) is 3.05. The molecule has 0 atom stereocenters. The van der Waals surface area contributed by atoms with Crippen molar-refractivity contribution in [2.45, 2.75) is 0 Å². The van der Waals surface area contributed by atoms with E-state index in [-0.39, 0.29) is 12.4 Å². The number of nitrogens with zero attached hydrogens (tertiary/aromatic N) is 2. The van der Waals surface area contributed by atoms with Crippen molar-refractivity contribution in [3.05, 3.63) is 75.7 Å². The number of amides is 1. The van der Waals surface area contributed by atoms with Crippen molar-refractivity contribution < 1.29 is 9.18 Å². The highest BCUT2D eigenvalue weighted by atomic mass is 79.9. The van der Waals surface area contributed by atoms with Crippen LogP contribution >= 0.6 is 15.9 Å². The number of halogens is 2. The van der Waals surface area contributed by atoms with E-state index in [1.54, 1.807) is 18.2 Å². The average Bonchev–Trinajstić information content (AvgIpc) is 2.66. The molecule has 0 radical (unpaired) electrons. The summed E-state index contributed by atoms with van der Waals surface area (Å²) >= 11 is 3.45. The van der Waals surface area contributed by atoms with Gasteiger partial charge in [-0.05, 0) is 30.3 Å². The molecule has 1 aliphatic heterocycles. The number of nitrogens with two attached hydrogens (primary N) is 1. The molecule has 0 aromatic heterocycles. The molecule has 0 saturated carbocycles. The maximum Gasteiger partial charge on any atom is 0.243 e. The minimum atomic E-state index is -0.542. The van der Waals surface area contributed by atoms with Crippen LogP contribution in [-0.4, -0.2) is 25.2 Å². The number of primary amides is 1. The standard InChI is InChI=1S/C18H15BrFN3O/c1-23-12(9-17(21)24)10-22-18(13-4-2-3-5-15(13)20)14-8-11(19)6-7-16(14)23/h2-9H,10H2,1H3,(H2,21,24)/b12-9+. The van der Waals surface area contributed by atoms with Crippen molar-refractivity contribution in [2.24, 2.45) is 10.7 Å². The second-order valence-corrected chi connectivity index (χ2v) is 6.32. The second-order valence-electron chi connectivity index (χ2n) is 5.40. The molecule has 2 N–H and O–H groups in total. The first-order chi connectivity index (χ1) is 11.5. The van der Waals surface area contributed by atoms with Gasteiger partial charge < -0.3 is 10.6 Å². The highest BCUT2D eigenvalue weighted by molar-refractivity contribution is 9.10. The van der Waals surface area contributed by atoms with Crippen LogP contribution in [0.15, 0.2) is 63.7 Å². The third kappa shape index (κ3) is 3.10. The topological polar surface area (TPSA) is 58.7 Å². The van der Waals surface area contributed by atoms with Crippen LogP contribution in [0.4, 0.5) is 10.1 Å². The van der Waals surface area contributed by atoms with E-state index < -0.39 is 5.91 Å². The Bertz CT molecular complexity index is 876. The van der Waals surface area contributed by atoms with Gasteiger partial charge in [0, 0.05) is 34.4 Å². The van der Waals surface area contributed by atoms with E-state index in [1.807, 2.05) is 30.1 Å². The summed E-state index contributed by atoms with van der Waals surface area (Å²) in [7, 11) is 1.83. The molecule has 1 heterocycles. The smallest absolute Gasteiger partial charge is 0.243 e. The second kappa shape index (κ2) is 6.57. The number of aliphatic imine (C=N–C) groups is 1. The first kappa shape index (κ1) is 16.4. The first-order valence-corrected chi connectivity index (χ1v) is 8.09. The van der Waals surface area contributed by atoms with Crippen LogP contribution in [0, 0.1) is 5.82 Å². The number of fused-ring (bicyclic) bond motifs is 1. The van der Waals surface area contributed by atoms with Crippen LogP contribution in [0.1, 0.15) is 11.1 Å². The van der Waals surface area contributed by atoms with Crippen LogP contribution in [0.5, 0.6) is 0 Å². The van der Waals surface area contributed by atoms with Crippen molar-refractivity contribution in [3.63, 3.8) is 0 Å². The summed E-state index contributed by atoms with van der Waals surface area (Å²) in [6.07, 6.45) is 1.35. The van der Waals surface area contributed by atoms with Crippen molar-refractivity contribution in [3.8, 4) is 0 Å². The molecule has 1 amide bonds. The van der Waals surface area contributed by atoms with E-state index >= 15 is 0 Å². The molecule has 1 aliphatic rings. The molecule has 0 fully saturated rings. The summed E-state index contributed by atoms with van der Waals surface area (Å²) in [6, 6.07) is 12.2. The third-order valence-corrected chi connectivity index (χ3v) is 4.34. The lowest BCUT2D eigenvalue weighted by Crippen LogP contribution is -2.21. The number of hydrogen-bond acceptors (Lipinski definition) is 3.